The molecule has 0 fully saturated rings. The predicted molar refractivity (Wildman–Crippen MR) is 89.5 cm³/mol. The van der Waals surface area contributed by atoms with Gasteiger partial charge in [0.05, 0.1) is 11.8 Å². The summed E-state index contributed by atoms with van der Waals surface area (Å²) in [6.07, 6.45) is 1.18. The minimum atomic E-state index is 0.487. The first-order valence-electron chi connectivity index (χ1n) is 7.55. The van der Waals surface area contributed by atoms with E-state index >= 15 is 0 Å². The van der Waals surface area contributed by atoms with Crippen LogP contribution >= 0.6 is 11.8 Å². The van der Waals surface area contributed by atoms with Gasteiger partial charge in [-0.1, -0.05) is 55.9 Å². The average molecular weight is 291 g/mol. The summed E-state index contributed by atoms with van der Waals surface area (Å²) >= 11 is 1.86. The lowest BCUT2D eigenvalue weighted by Gasteiger charge is -2.17. The Morgan fingerprint density at radius 3 is 2.70 bits per heavy atom. The lowest BCUT2D eigenvalue weighted by atomic mass is 10.1. The summed E-state index contributed by atoms with van der Waals surface area (Å²) in [7, 11) is 0. The SMILES string of the molecule is CCN(CC)CCCNC1=NCC(c2ccccc2)S1. The Morgan fingerprint density at radius 1 is 1.25 bits per heavy atom. The molecule has 1 N–H and O–H groups in total. The highest BCUT2D eigenvalue weighted by molar-refractivity contribution is 8.14. The van der Waals surface area contributed by atoms with Gasteiger partial charge in [0.25, 0.3) is 0 Å². The van der Waals surface area contributed by atoms with E-state index in [1.165, 1.54) is 18.5 Å². The monoisotopic (exact) mass is 291 g/mol. The summed E-state index contributed by atoms with van der Waals surface area (Å²) < 4.78 is 0. The lowest BCUT2D eigenvalue weighted by Crippen LogP contribution is -2.28. The predicted octanol–water partition coefficient (Wildman–Crippen LogP) is 3.15. The van der Waals surface area contributed by atoms with Gasteiger partial charge in [-0.3, -0.25) is 4.99 Å². The van der Waals surface area contributed by atoms with Crippen LogP contribution in [0.2, 0.25) is 0 Å². The number of nitrogens with one attached hydrogen (secondary N) is 1. The van der Waals surface area contributed by atoms with Crippen LogP contribution in [-0.2, 0) is 0 Å². The van der Waals surface area contributed by atoms with Crippen LogP contribution < -0.4 is 5.32 Å². The highest BCUT2D eigenvalue weighted by Crippen LogP contribution is 2.33. The molecule has 1 atom stereocenters. The van der Waals surface area contributed by atoms with Gasteiger partial charge in [0.2, 0.25) is 0 Å². The molecule has 0 bridgehead atoms. The van der Waals surface area contributed by atoms with Crippen LogP contribution in [0.25, 0.3) is 0 Å². The van der Waals surface area contributed by atoms with Crippen molar-refractivity contribution in [1.29, 1.82) is 0 Å². The molecule has 4 heteroatoms. The molecule has 3 nitrogen and oxygen atoms in total. The molecule has 1 unspecified atom stereocenters. The highest BCUT2D eigenvalue weighted by atomic mass is 32.2. The fraction of sp³-hybridized carbons (Fsp3) is 0.562. The molecule has 0 amide bonds. The second kappa shape index (κ2) is 8.32. The Morgan fingerprint density at radius 2 is 2.00 bits per heavy atom. The Balaban J connectivity index is 1.66. The summed E-state index contributed by atoms with van der Waals surface area (Å²) in [5.74, 6) is 0. The standard InChI is InChI=1S/C16H25N3S/c1-3-19(4-2)12-8-11-17-16-18-13-15(20-16)14-9-6-5-7-10-14/h5-7,9-10,15H,3-4,8,11-13H2,1-2H3,(H,17,18). The van der Waals surface area contributed by atoms with Crippen LogP contribution in [0.15, 0.2) is 35.3 Å². The van der Waals surface area contributed by atoms with E-state index in [0.717, 1.165) is 31.3 Å². The van der Waals surface area contributed by atoms with E-state index in [1.807, 2.05) is 11.8 Å². The third-order valence-electron chi connectivity index (χ3n) is 3.65. The van der Waals surface area contributed by atoms with Crippen LogP contribution in [-0.4, -0.2) is 42.8 Å². The normalized spacial score (nSPS) is 18.4. The van der Waals surface area contributed by atoms with Gasteiger partial charge < -0.3 is 10.2 Å². The molecule has 110 valence electrons. The first kappa shape index (κ1) is 15.4. The second-order valence-corrected chi connectivity index (χ2v) is 6.16. The summed E-state index contributed by atoms with van der Waals surface area (Å²) in [6, 6.07) is 10.7. The number of thioether (sulfide) groups is 1. The molecular formula is C16H25N3S. The number of rotatable bonds is 7. The Bertz CT molecular complexity index is 415. The molecule has 0 saturated heterocycles. The van der Waals surface area contributed by atoms with Crippen molar-refractivity contribution in [3.05, 3.63) is 35.9 Å². The van der Waals surface area contributed by atoms with Crippen molar-refractivity contribution >= 4 is 16.9 Å². The molecule has 1 aromatic rings. The fourth-order valence-electron chi connectivity index (χ4n) is 2.35. The molecule has 2 rings (SSSR count). The maximum Gasteiger partial charge on any atom is 0.157 e. The number of amidine groups is 1. The smallest absolute Gasteiger partial charge is 0.157 e. The summed E-state index contributed by atoms with van der Waals surface area (Å²) in [6.45, 7) is 9.80. The van der Waals surface area contributed by atoms with E-state index < -0.39 is 0 Å². The van der Waals surface area contributed by atoms with Crippen LogP contribution in [0.1, 0.15) is 31.1 Å². The summed E-state index contributed by atoms with van der Waals surface area (Å²) in [4.78, 5) is 7.06. The topological polar surface area (TPSA) is 27.6 Å². The van der Waals surface area contributed by atoms with Crippen molar-refractivity contribution in [2.45, 2.75) is 25.5 Å². The van der Waals surface area contributed by atoms with Crippen molar-refractivity contribution in [3.63, 3.8) is 0 Å². The highest BCUT2D eigenvalue weighted by Gasteiger charge is 2.20. The molecule has 0 spiro atoms. The molecular weight excluding hydrogens is 266 g/mol. The molecule has 20 heavy (non-hydrogen) atoms. The largest absolute Gasteiger partial charge is 0.365 e. The first-order chi connectivity index (χ1) is 9.83. The van der Waals surface area contributed by atoms with Gasteiger partial charge in [-0.2, -0.15) is 0 Å². The Labute approximate surface area is 126 Å². The van der Waals surface area contributed by atoms with Gasteiger partial charge in [-0.05, 0) is 31.6 Å². The molecule has 1 aliphatic heterocycles. The number of hydrogen-bond donors (Lipinski definition) is 1. The van der Waals surface area contributed by atoms with E-state index in [9.17, 15) is 0 Å². The van der Waals surface area contributed by atoms with Crippen molar-refractivity contribution in [2.75, 3.05) is 32.7 Å². The lowest BCUT2D eigenvalue weighted by molar-refractivity contribution is 0.300. The van der Waals surface area contributed by atoms with Crippen LogP contribution in [0.5, 0.6) is 0 Å². The molecule has 0 radical (unpaired) electrons. The third kappa shape index (κ3) is 4.53. The molecule has 1 heterocycles. The molecule has 1 aliphatic rings. The van der Waals surface area contributed by atoms with E-state index in [-0.39, 0.29) is 0 Å². The zero-order chi connectivity index (χ0) is 14.2. The van der Waals surface area contributed by atoms with Gasteiger partial charge in [0, 0.05) is 6.54 Å². The molecule has 1 aromatic carbocycles. The zero-order valence-electron chi connectivity index (χ0n) is 12.5. The van der Waals surface area contributed by atoms with E-state index in [2.05, 4.69) is 59.4 Å². The number of nitrogens with zero attached hydrogens (tertiary/aromatic N) is 2. The van der Waals surface area contributed by atoms with Crippen LogP contribution in [0.3, 0.4) is 0 Å². The number of benzene rings is 1. The van der Waals surface area contributed by atoms with Crippen LogP contribution in [0.4, 0.5) is 0 Å². The van der Waals surface area contributed by atoms with Crippen molar-refractivity contribution in [2.24, 2.45) is 4.99 Å². The molecule has 0 aliphatic carbocycles. The quantitative estimate of drug-likeness (QED) is 0.782. The zero-order valence-corrected chi connectivity index (χ0v) is 13.3. The van der Waals surface area contributed by atoms with Gasteiger partial charge >= 0.3 is 0 Å². The molecule has 0 aromatic heterocycles. The number of aliphatic imine (C=N–C) groups is 1. The van der Waals surface area contributed by atoms with Crippen molar-refractivity contribution in [3.8, 4) is 0 Å². The maximum atomic E-state index is 4.61. The molecule has 0 saturated carbocycles. The van der Waals surface area contributed by atoms with Gasteiger partial charge in [-0.25, -0.2) is 0 Å². The van der Waals surface area contributed by atoms with E-state index in [0.29, 0.717) is 5.25 Å². The van der Waals surface area contributed by atoms with E-state index in [4.69, 9.17) is 0 Å². The Kier molecular flexibility index (Phi) is 6.40. The number of hydrogen-bond acceptors (Lipinski definition) is 4. The fourth-order valence-corrected chi connectivity index (χ4v) is 3.40. The second-order valence-electron chi connectivity index (χ2n) is 4.97. The summed E-state index contributed by atoms with van der Waals surface area (Å²) in [5.41, 5.74) is 1.38. The van der Waals surface area contributed by atoms with Gasteiger partial charge in [0.15, 0.2) is 5.17 Å². The van der Waals surface area contributed by atoms with Crippen LogP contribution in [0, 0.1) is 0 Å². The minimum Gasteiger partial charge on any atom is -0.365 e. The minimum absolute atomic E-state index is 0.487. The van der Waals surface area contributed by atoms with Crippen molar-refractivity contribution in [1.82, 2.24) is 10.2 Å². The summed E-state index contributed by atoms with van der Waals surface area (Å²) in [5, 5.41) is 5.07. The third-order valence-corrected chi connectivity index (χ3v) is 4.85. The maximum absolute atomic E-state index is 4.61. The Hall–Kier alpha value is -1.00. The average Bonchev–Trinajstić information content (AvgIpc) is 2.97. The van der Waals surface area contributed by atoms with Crippen molar-refractivity contribution < 1.29 is 0 Å². The van der Waals surface area contributed by atoms with E-state index in [1.54, 1.807) is 0 Å². The van der Waals surface area contributed by atoms with Gasteiger partial charge in [0.1, 0.15) is 0 Å². The first-order valence-corrected chi connectivity index (χ1v) is 8.43. The van der Waals surface area contributed by atoms with Gasteiger partial charge in [-0.15, -0.1) is 0 Å².